The van der Waals surface area contributed by atoms with Gasteiger partial charge in [0.15, 0.2) is 0 Å². The first-order valence-corrected chi connectivity index (χ1v) is 8.96. The summed E-state index contributed by atoms with van der Waals surface area (Å²) in [5.41, 5.74) is -1.38. The third-order valence-corrected chi connectivity index (χ3v) is 4.90. The van der Waals surface area contributed by atoms with Crippen molar-refractivity contribution in [1.29, 1.82) is 0 Å². The Labute approximate surface area is 158 Å². The minimum atomic E-state index is -0.734. The van der Waals surface area contributed by atoms with Crippen LogP contribution in [0.2, 0.25) is 0 Å². The largest absolute Gasteiger partial charge is 0.494 e. The molecular formula is C20H25BO6. The van der Waals surface area contributed by atoms with Gasteiger partial charge in [0.25, 0.3) is 0 Å². The van der Waals surface area contributed by atoms with Gasteiger partial charge in [-0.15, -0.1) is 0 Å². The van der Waals surface area contributed by atoms with E-state index in [1.54, 1.807) is 32.9 Å². The van der Waals surface area contributed by atoms with Crippen molar-refractivity contribution >= 4 is 29.5 Å². The third kappa shape index (κ3) is 3.80. The van der Waals surface area contributed by atoms with Gasteiger partial charge in [-0.3, -0.25) is 0 Å². The number of carbonyl (C=O) groups excluding carboxylic acids is 1. The van der Waals surface area contributed by atoms with Crippen LogP contribution in [0.4, 0.5) is 0 Å². The SMILES string of the molecule is CC(C)(C)OC(=O)c1cc2ccc(B3OC(C)(C)C(C)(C)O3)cc2oc1=O. The van der Waals surface area contributed by atoms with Gasteiger partial charge >= 0.3 is 18.7 Å². The van der Waals surface area contributed by atoms with Gasteiger partial charge in [-0.1, -0.05) is 12.1 Å². The van der Waals surface area contributed by atoms with Crippen LogP contribution in [0.1, 0.15) is 58.8 Å². The number of benzene rings is 1. The maximum Gasteiger partial charge on any atom is 0.494 e. The highest BCUT2D eigenvalue weighted by Gasteiger charge is 2.51. The molecule has 0 bridgehead atoms. The maximum absolute atomic E-state index is 12.3. The number of ether oxygens (including phenoxy) is 1. The van der Waals surface area contributed by atoms with Crippen molar-refractivity contribution in [3.05, 3.63) is 40.2 Å². The molecule has 7 heteroatoms. The zero-order valence-corrected chi connectivity index (χ0v) is 16.8. The highest BCUT2D eigenvalue weighted by atomic mass is 16.7. The fraction of sp³-hybridized carbons (Fsp3) is 0.500. The van der Waals surface area contributed by atoms with Crippen LogP contribution in [0.15, 0.2) is 33.5 Å². The predicted octanol–water partition coefficient (Wildman–Crippen LogP) is 3.05. The summed E-state index contributed by atoms with van der Waals surface area (Å²) in [6.07, 6.45) is 0. The molecule has 1 saturated heterocycles. The molecule has 2 aromatic rings. The Morgan fingerprint density at radius 2 is 1.63 bits per heavy atom. The number of hydrogen-bond donors (Lipinski definition) is 0. The molecule has 0 atom stereocenters. The normalized spacial score (nSPS) is 18.7. The summed E-state index contributed by atoms with van der Waals surface area (Å²) in [5, 5.41) is 0.621. The Kier molecular flexibility index (Phi) is 4.52. The Morgan fingerprint density at radius 3 is 2.19 bits per heavy atom. The van der Waals surface area contributed by atoms with Crippen molar-refractivity contribution in [2.24, 2.45) is 0 Å². The molecule has 0 amide bonds. The van der Waals surface area contributed by atoms with E-state index in [0.29, 0.717) is 11.0 Å². The van der Waals surface area contributed by atoms with E-state index in [4.69, 9.17) is 18.5 Å². The van der Waals surface area contributed by atoms with Crippen molar-refractivity contribution in [2.75, 3.05) is 0 Å². The Morgan fingerprint density at radius 1 is 1.04 bits per heavy atom. The molecule has 1 aliphatic heterocycles. The summed E-state index contributed by atoms with van der Waals surface area (Å²) in [4.78, 5) is 24.5. The zero-order chi connectivity index (χ0) is 20.2. The maximum atomic E-state index is 12.3. The van der Waals surface area contributed by atoms with Gasteiger partial charge < -0.3 is 18.5 Å². The third-order valence-electron chi connectivity index (χ3n) is 4.90. The van der Waals surface area contributed by atoms with Crippen LogP contribution in [0.3, 0.4) is 0 Å². The van der Waals surface area contributed by atoms with E-state index in [0.717, 1.165) is 5.46 Å². The Hall–Kier alpha value is -2.12. The van der Waals surface area contributed by atoms with Crippen LogP contribution in [0.25, 0.3) is 11.0 Å². The highest BCUT2D eigenvalue weighted by molar-refractivity contribution is 6.62. The predicted molar refractivity (Wildman–Crippen MR) is 103 cm³/mol. The van der Waals surface area contributed by atoms with Gasteiger partial charge in [0.2, 0.25) is 0 Å². The van der Waals surface area contributed by atoms with E-state index in [9.17, 15) is 9.59 Å². The standard InChI is InChI=1S/C20H25BO6/c1-18(2,3)25-17(23)14-10-12-8-9-13(11-15(12)24-16(14)22)21-26-19(4,5)20(6,7)27-21/h8-11H,1-7H3. The average Bonchev–Trinajstić information content (AvgIpc) is 2.72. The summed E-state index contributed by atoms with van der Waals surface area (Å²) in [6, 6.07) is 6.80. The summed E-state index contributed by atoms with van der Waals surface area (Å²) in [6.45, 7) is 13.1. The van der Waals surface area contributed by atoms with Crippen LogP contribution in [0.5, 0.6) is 0 Å². The second-order valence-electron chi connectivity index (χ2n) is 8.83. The number of fused-ring (bicyclic) bond motifs is 1. The highest BCUT2D eigenvalue weighted by Crippen LogP contribution is 2.36. The molecule has 2 heterocycles. The van der Waals surface area contributed by atoms with Crippen LogP contribution in [-0.4, -0.2) is 29.9 Å². The first-order chi connectivity index (χ1) is 12.3. The lowest BCUT2D eigenvalue weighted by molar-refractivity contribution is 0.00578. The van der Waals surface area contributed by atoms with Crippen LogP contribution in [0, 0.1) is 0 Å². The molecule has 0 saturated carbocycles. The Balaban J connectivity index is 1.95. The molecule has 1 aliphatic rings. The lowest BCUT2D eigenvalue weighted by Gasteiger charge is -2.32. The van der Waals surface area contributed by atoms with Crippen molar-refractivity contribution in [1.82, 2.24) is 0 Å². The molecule has 1 aromatic carbocycles. The molecule has 0 spiro atoms. The second-order valence-corrected chi connectivity index (χ2v) is 8.83. The van der Waals surface area contributed by atoms with E-state index in [1.165, 1.54) is 6.07 Å². The van der Waals surface area contributed by atoms with Crippen LogP contribution < -0.4 is 11.1 Å². The van der Waals surface area contributed by atoms with E-state index in [2.05, 4.69) is 0 Å². The van der Waals surface area contributed by atoms with E-state index < -0.39 is 35.5 Å². The minimum absolute atomic E-state index is 0.124. The van der Waals surface area contributed by atoms with Crippen molar-refractivity contribution in [2.45, 2.75) is 65.3 Å². The molecule has 3 rings (SSSR count). The van der Waals surface area contributed by atoms with Gasteiger partial charge in [0.05, 0.1) is 11.2 Å². The summed E-state index contributed by atoms with van der Waals surface area (Å²) in [7, 11) is -0.560. The Bertz CT molecular complexity index is 935. The number of rotatable bonds is 2. The van der Waals surface area contributed by atoms with Gasteiger partial charge in [-0.2, -0.15) is 0 Å². The fourth-order valence-electron chi connectivity index (χ4n) is 2.73. The van der Waals surface area contributed by atoms with Gasteiger partial charge in [-0.25, -0.2) is 9.59 Å². The first kappa shape index (κ1) is 19.6. The van der Waals surface area contributed by atoms with E-state index in [-0.39, 0.29) is 5.56 Å². The number of esters is 1. The van der Waals surface area contributed by atoms with Gasteiger partial charge in [0, 0.05) is 5.39 Å². The molecule has 27 heavy (non-hydrogen) atoms. The fourth-order valence-corrected chi connectivity index (χ4v) is 2.73. The molecular weight excluding hydrogens is 347 g/mol. The van der Waals surface area contributed by atoms with Crippen molar-refractivity contribution in [3.63, 3.8) is 0 Å². The molecule has 0 aliphatic carbocycles. The lowest BCUT2D eigenvalue weighted by Crippen LogP contribution is -2.41. The molecule has 1 aromatic heterocycles. The second kappa shape index (κ2) is 6.21. The molecule has 0 N–H and O–H groups in total. The zero-order valence-electron chi connectivity index (χ0n) is 16.8. The molecule has 6 nitrogen and oxygen atoms in total. The first-order valence-electron chi connectivity index (χ1n) is 8.96. The van der Waals surface area contributed by atoms with Crippen LogP contribution >= 0.6 is 0 Å². The molecule has 144 valence electrons. The van der Waals surface area contributed by atoms with Gasteiger partial charge in [0.1, 0.15) is 16.7 Å². The lowest BCUT2D eigenvalue weighted by atomic mass is 9.79. The monoisotopic (exact) mass is 372 g/mol. The number of hydrogen-bond acceptors (Lipinski definition) is 6. The number of carbonyl (C=O) groups is 1. The smallest absolute Gasteiger partial charge is 0.456 e. The summed E-state index contributed by atoms with van der Waals surface area (Å²) < 4.78 is 22.7. The van der Waals surface area contributed by atoms with Gasteiger partial charge in [-0.05, 0) is 66.1 Å². The van der Waals surface area contributed by atoms with E-state index >= 15 is 0 Å². The minimum Gasteiger partial charge on any atom is -0.456 e. The van der Waals surface area contributed by atoms with Crippen molar-refractivity contribution < 1.29 is 23.3 Å². The van der Waals surface area contributed by atoms with Crippen LogP contribution in [-0.2, 0) is 14.0 Å². The van der Waals surface area contributed by atoms with E-state index in [1.807, 2.05) is 33.8 Å². The molecule has 0 radical (unpaired) electrons. The topological polar surface area (TPSA) is 75.0 Å². The average molecular weight is 372 g/mol. The summed E-state index contributed by atoms with van der Waals surface area (Å²) in [5.74, 6) is -0.701. The van der Waals surface area contributed by atoms with Crippen molar-refractivity contribution in [3.8, 4) is 0 Å². The molecule has 0 unspecified atom stereocenters. The summed E-state index contributed by atoms with van der Waals surface area (Å²) >= 11 is 0. The molecule has 1 fully saturated rings. The quantitative estimate of drug-likeness (QED) is 0.458.